The molecule has 2 aliphatic heterocycles. The monoisotopic (exact) mass is 292 g/mol. The van der Waals surface area contributed by atoms with Crippen molar-refractivity contribution in [2.45, 2.75) is 44.2 Å². The maximum absolute atomic E-state index is 2.34. The van der Waals surface area contributed by atoms with Crippen molar-refractivity contribution in [3.63, 3.8) is 0 Å². The Morgan fingerprint density at radius 3 is 1.86 bits per heavy atom. The second kappa shape index (κ2) is 5.89. The van der Waals surface area contributed by atoms with E-state index in [-0.39, 0.29) is 0 Å². The number of benzene rings is 2. The summed E-state index contributed by atoms with van der Waals surface area (Å²) in [6.07, 6.45) is 7.08. The standard InChI is InChI=1S/C21H26N/c1-3-10-18(11-4-1)21(19-12-5-2-6-13-19)22-16-8-7-14-20(22)15-9-17-22/h1-6,10-13,20-21H,7-9,14-17H2/q+1/t20-,22-/m0/s1. The first-order chi connectivity index (χ1) is 10.9. The van der Waals surface area contributed by atoms with Crippen LogP contribution in [-0.2, 0) is 0 Å². The molecule has 2 heterocycles. The summed E-state index contributed by atoms with van der Waals surface area (Å²) in [6.45, 7) is 2.72. The van der Waals surface area contributed by atoms with Gasteiger partial charge in [-0.2, -0.15) is 0 Å². The van der Waals surface area contributed by atoms with Gasteiger partial charge in [-0.25, -0.2) is 0 Å². The molecule has 0 spiro atoms. The van der Waals surface area contributed by atoms with Gasteiger partial charge >= 0.3 is 0 Å². The van der Waals surface area contributed by atoms with Gasteiger partial charge in [-0.3, -0.25) is 0 Å². The average molecular weight is 292 g/mol. The molecule has 2 aliphatic rings. The van der Waals surface area contributed by atoms with Gasteiger partial charge in [0.25, 0.3) is 0 Å². The van der Waals surface area contributed by atoms with E-state index in [0.29, 0.717) is 6.04 Å². The first kappa shape index (κ1) is 14.0. The number of quaternary nitrogens is 1. The Bertz CT molecular complexity index is 567. The Labute approximate surface area is 134 Å². The molecule has 2 atom stereocenters. The molecule has 0 aliphatic carbocycles. The lowest BCUT2D eigenvalue weighted by molar-refractivity contribution is -0.966. The molecular formula is C21H26N+. The van der Waals surface area contributed by atoms with E-state index in [1.807, 2.05) is 0 Å². The summed E-state index contributed by atoms with van der Waals surface area (Å²) in [4.78, 5) is 0. The van der Waals surface area contributed by atoms with Gasteiger partial charge in [0.15, 0.2) is 0 Å². The lowest BCUT2D eigenvalue weighted by Crippen LogP contribution is -2.56. The van der Waals surface area contributed by atoms with E-state index < -0.39 is 0 Å². The van der Waals surface area contributed by atoms with Crippen molar-refractivity contribution >= 4 is 0 Å². The van der Waals surface area contributed by atoms with Crippen LogP contribution in [0.5, 0.6) is 0 Å². The molecule has 2 aromatic carbocycles. The molecule has 114 valence electrons. The zero-order valence-electron chi connectivity index (χ0n) is 13.3. The van der Waals surface area contributed by atoms with E-state index in [1.54, 1.807) is 0 Å². The molecule has 2 fully saturated rings. The Hall–Kier alpha value is -1.60. The highest BCUT2D eigenvalue weighted by molar-refractivity contribution is 5.30. The third-order valence-corrected chi connectivity index (χ3v) is 5.95. The quantitative estimate of drug-likeness (QED) is 0.703. The van der Waals surface area contributed by atoms with Gasteiger partial charge in [-0.05, 0) is 19.3 Å². The van der Waals surface area contributed by atoms with Crippen molar-refractivity contribution in [3.8, 4) is 0 Å². The predicted octanol–water partition coefficient (Wildman–Crippen LogP) is 4.94. The minimum Gasteiger partial charge on any atom is -0.311 e. The van der Waals surface area contributed by atoms with Crippen LogP contribution in [0.15, 0.2) is 60.7 Å². The van der Waals surface area contributed by atoms with E-state index in [0.717, 1.165) is 6.04 Å². The fourth-order valence-corrected chi connectivity index (χ4v) is 5.07. The van der Waals surface area contributed by atoms with E-state index >= 15 is 0 Å². The van der Waals surface area contributed by atoms with Crippen molar-refractivity contribution < 1.29 is 4.48 Å². The highest BCUT2D eigenvalue weighted by Gasteiger charge is 2.49. The Kier molecular flexibility index (Phi) is 3.75. The van der Waals surface area contributed by atoms with E-state index in [4.69, 9.17) is 0 Å². The molecule has 2 saturated heterocycles. The zero-order valence-corrected chi connectivity index (χ0v) is 13.3. The maximum atomic E-state index is 2.34. The van der Waals surface area contributed by atoms with Crippen LogP contribution in [0.1, 0.15) is 49.3 Å². The number of nitrogens with zero attached hydrogens (tertiary/aromatic N) is 1. The highest BCUT2D eigenvalue weighted by Crippen LogP contribution is 2.46. The fraction of sp³-hybridized carbons (Fsp3) is 0.429. The van der Waals surface area contributed by atoms with Gasteiger partial charge in [0.2, 0.25) is 0 Å². The molecule has 0 bridgehead atoms. The van der Waals surface area contributed by atoms with Crippen molar-refractivity contribution in [2.24, 2.45) is 0 Å². The summed E-state index contributed by atoms with van der Waals surface area (Å²) in [7, 11) is 0. The van der Waals surface area contributed by atoms with Crippen molar-refractivity contribution in [3.05, 3.63) is 71.8 Å². The lowest BCUT2D eigenvalue weighted by Gasteiger charge is -2.49. The van der Waals surface area contributed by atoms with Gasteiger partial charge in [0, 0.05) is 24.0 Å². The summed E-state index contributed by atoms with van der Waals surface area (Å²) in [5.74, 6) is 0. The smallest absolute Gasteiger partial charge is 0.141 e. The molecule has 0 radical (unpaired) electrons. The molecule has 0 unspecified atom stereocenters. The summed E-state index contributed by atoms with van der Waals surface area (Å²) in [5.41, 5.74) is 3.00. The van der Waals surface area contributed by atoms with Crippen LogP contribution in [0.3, 0.4) is 0 Å². The molecular weight excluding hydrogens is 266 g/mol. The predicted molar refractivity (Wildman–Crippen MR) is 91.6 cm³/mol. The first-order valence-electron chi connectivity index (χ1n) is 8.86. The fourth-order valence-electron chi connectivity index (χ4n) is 5.07. The number of fused-ring (bicyclic) bond motifs is 1. The average Bonchev–Trinajstić information content (AvgIpc) is 3.01. The second-order valence-electron chi connectivity index (χ2n) is 7.07. The van der Waals surface area contributed by atoms with Crippen LogP contribution in [0.2, 0.25) is 0 Å². The van der Waals surface area contributed by atoms with Crippen LogP contribution in [0.25, 0.3) is 0 Å². The van der Waals surface area contributed by atoms with E-state index in [9.17, 15) is 0 Å². The normalized spacial score (nSPS) is 27.8. The molecule has 0 amide bonds. The van der Waals surface area contributed by atoms with Crippen LogP contribution < -0.4 is 0 Å². The molecule has 0 saturated carbocycles. The summed E-state index contributed by atoms with van der Waals surface area (Å²) >= 11 is 0. The van der Waals surface area contributed by atoms with Crippen LogP contribution in [-0.4, -0.2) is 23.6 Å². The number of rotatable bonds is 3. The number of hydrogen-bond acceptors (Lipinski definition) is 0. The zero-order chi connectivity index (χ0) is 14.8. The summed E-state index contributed by atoms with van der Waals surface area (Å²) in [6, 6.07) is 23.9. The Morgan fingerprint density at radius 1 is 0.682 bits per heavy atom. The second-order valence-corrected chi connectivity index (χ2v) is 7.07. The number of piperidine rings is 1. The van der Waals surface area contributed by atoms with Crippen molar-refractivity contribution in [2.75, 3.05) is 13.1 Å². The molecule has 0 N–H and O–H groups in total. The number of hydrogen-bond donors (Lipinski definition) is 0. The summed E-state index contributed by atoms with van der Waals surface area (Å²) in [5, 5.41) is 0. The van der Waals surface area contributed by atoms with Gasteiger partial charge in [0.05, 0.1) is 19.1 Å². The topological polar surface area (TPSA) is 0 Å². The van der Waals surface area contributed by atoms with E-state index in [1.165, 1.54) is 60.8 Å². The van der Waals surface area contributed by atoms with Gasteiger partial charge in [-0.1, -0.05) is 60.7 Å². The molecule has 22 heavy (non-hydrogen) atoms. The van der Waals surface area contributed by atoms with Crippen molar-refractivity contribution in [1.29, 1.82) is 0 Å². The molecule has 4 rings (SSSR count). The molecule has 2 aromatic rings. The SMILES string of the molecule is c1ccc(C(c2ccccc2)[N@+]23CCCC[C@H]2CCC3)cc1. The lowest BCUT2D eigenvalue weighted by atomic mass is 9.89. The van der Waals surface area contributed by atoms with Crippen molar-refractivity contribution in [1.82, 2.24) is 0 Å². The van der Waals surface area contributed by atoms with E-state index in [2.05, 4.69) is 60.7 Å². The van der Waals surface area contributed by atoms with Gasteiger partial charge in [0.1, 0.15) is 6.04 Å². The maximum Gasteiger partial charge on any atom is 0.141 e. The van der Waals surface area contributed by atoms with Crippen LogP contribution in [0.4, 0.5) is 0 Å². The van der Waals surface area contributed by atoms with Crippen LogP contribution in [0, 0.1) is 0 Å². The third-order valence-electron chi connectivity index (χ3n) is 5.95. The molecule has 1 heteroatoms. The minimum absolute atomic E-state index is 0.523. The van der Waals surface area contributed by atoms with Gasteiger partial charge < -0.3 is 4.48 Å². The third kappa shape index (κ3) is 2.28. The largest absolute Gasteiger partial charge is 0.311 e. The van der Waals surface area contributed by atoms with Gasteiger partial charge in [-0.15, -0.1) is 0 Å². The summed E-state index contributed by atoms with van der Waals surface area (Å²) < 4.78 is 1.31. The molecule has 1 nitrogen and oxygen atoms in total. The highest BCUT2D eigenvalue weighted by atomic mass is 15.4. The Balaban J connectivity index is 1.84. The molecule has 0 aromatic heterocycles. The first-order valence-corrected chi connectivity index (χ1v) is 8.86. The Morgan fingerprint density at radius 2 is 1.23 bits per heavy atom. The minimum atomic E-state index is 0.523. The van der Waals surface area contributed by atoms with Crippen LogP contribution >= 0.6 is 0 Å².